The standard InChI is InChI=1S/C21H14F2N6O/c1-11-18(20-24-7-2-8-29(20)28-11)21(30)25-13-4-6-16-17(10-13)27-19(26-16)14-9-12(22)3-5-15(14)23/h2-10H,1H3,(H,25,30)(H,26,27). The van der Waals surface area contributed by atoms with Crippen molar-refractivity contribution in [2.24, 2.45) is 0 Å². The topological polar surface area (TPSA) is 88.0 Å². The Kier molecular flexibility index (Phi) is 4.02. The highest BCUT2D eigenvalue weighted by molar-refractivity contribution is 6.09. The summed E-state index contributed by atoms with van der Waals surface area (Å²) in [5, 5.41) is 7.11. The van der Waals surface area contributed by atoms with Crippen molar-refractivity contribution in [3.05, 3.63) is 77.8 Å². The fourth-order valence-corrected chi connectivity index (χ4v) is 3.35. The van der Waals surface area contributed by atoms with Crippen LogP contribution in [0.4, 0.5) is 14.5 Å². The second-order valence-electron chi connectivity index (χ2n) is 6.74. The van der Waals surface area contributed by atoms with Crippen LogP contribution in [0.5, 0.6) is 0 Å². The molecule has 5 rings (SSSR count). The predicted octanol–water partition coefficient (Wildman–Crippen LogP) is 4.11. The van der Waals surface area contributed by atoms with E-state index in [0.29, 0.717) is 33.6 Å². The lowest BCUT2D eigenvalue weighted by molar-refractivity contribution is 0.102. The first kappa shape index (κ1) is 17.9. The molecule has 3 aromatic heterocycles. The smallest absolute Gasteiger partial charge is 0.261 e. The number of anilines is 1. The van der Waals surface area contributed by atoms with Crippen LogP contribution in [0.3, 0.4) is 0 Å². The Bertz CT molecular complexity index is 1440. The highest BCUT2D eigenvalue weighted by atomic mass is 19.1. The van der Waals surface area contributed by atoms with Gasteiger partial charge in [-0.1, -0.05) is 0 Å². The van der Waals surface area contributed by atoms with Gasteiger partial charge in [0.1, 0.15) is 23.0 Å². The molecule has 0 aliphatic heterocycles. The van der Waals surface area contributed by atoms with Crippen LogP contribution in [-0.4, -0.2) is 30.5 Å². The maximum atomic E-state index is 14.1. The minimum absolute atomic E-state index is 0.0323. The molecule has 0 fully saturated rings. The number of fused-ring (bicyclic) bond motifs is 2. The third kappa shape index (κ3) is 2.96. The zero-order valence-electron chi connectivity index (χ0n) is 15.6. The monoisotopic (exact) mass is 404 g/mol. The van der Waals surface area contributed by atoms with Crippen LogP contribution in [0.2, 0.25) is 0 Å². The van der Waals surface area contributed by atoms with E-state index in [2.05, 4.69) is 25.4 Å². The molecule has 148 valence electrons. The molecule has 0 atom stereocenters. The predicted molar refractivity (Wildman–Crippen MR) is 107 cm³/mol. The van der Waals surface area contributed by atoms with Crippen LogP contribution >= 0.6 is 0 Å². The molecule has 9 heteroatoms. The van der Waals surface area contributed by atoms with Gasteiger partial charge in [0.05, 0.1) is 22.3 Å². The molecule has 0 spiro atoms. The Morgan fingerprint density at radius 3 is 2.90 bits per heavy atom. The molecule has 0 radical (unpaired) electrons. The number of imidazole rings is 1. The first-order valence-corrected chi connectivity index (χ1v) is 9.06. The molecule has 30 heavy (non-hydrogen) atoms. The zero-order chi connectivity index (χ0) is 20.8. The number of rotatable bonds is 3. The molecule has 7 nitrogen and oxygen atoms in total. The van der Waals surface area contributed by atoms with E-state index in [1.165, 1.54) is 0 Å². The van der Waals surface area contributed by atoms with Crippen molar-refractivity contribution in [3.8, 4) is 11.4 Å². The summed E-state index contributed by atoms with van der Waals surface area (Å²) in [5.41, 5.74) is 3.06. The number of amides is 1. The number of aryl methyl sites for hydroxylation is 1. The molecule has 0 aliphatic carbocycles. The number of benzene rings is 2. The van der Waals surface area contributed by atoms with Gasteiger partial charge >= 0.3 is 0 Å². The van der Waals surface area contributed by atoms with Crippen molar-refractivity contribution in [2.45, 2.75) is 6.92 Å². The normalized spacial score (nSPS) is 11.3. The maximum Gasteiger partial charge on any atom is 0.261 e. The minimum Gasteiger partial charge on any atom is -0.338 e. The van der Waals surface area contributed by atoms with E-state index < -0.39 is 11.6 Å². The SMILES string of the molecule is Cc1nn2cccnc2c1C(=O)Nc1ccc2nc(-c3cc(F)ccc3F)[nH]c2c1. The lowest BCUT2D eigenvalue weighted by Crippen LogP contribution is -2.13. The van der Waals surface area contributed by atoms with E-state index in [4.69, 9.17) is 0 Å². The van der Waals surface area contributed by atoms with E-state index in [9.17, 15) is 13.6 Å². The minimum atomic E-state index is -0.583. The molecule has 0 bridgehead atoms. The van der Waals surface area contributed by atoms with Crippen molar-refractivity contribution in [3.63, 3.8) is 0 Å². The lowest BCUT2D eigenvalue weighted by Gasteiger charge is -2.04. The van der Waals surface area contributed by atoms with Crippen LogP contribution in [-0.2, 0) is 0 Å². The van der Waals surface area contributed by atoms with Crippen molar-refractivity contribution >= 4 is 28.3 Å². The van der Waals surface area contributed by atoms with Gasteiger partial charge in [0.15, 0.2) is 5.65 Å². The number of H-pyrrole nitrogens is 1. The Labute approximate surface area is 168 Å². The van der Waals surface area contributed by atoms with Crippen molar-refractivity contribution in [1.29, 1.82) is 0 Å². The molecule has 1 amide bonds. The van der Waals surface area contributed by atoms with Crippen LogP contribution < -0.4 is 5.32 Å². The number of nitrogens with one attached hydrogen (secondary N) is 2. The number of hydrogen-bond donors (Lipinski definition) is 2. The van der Waals surface area contributed by atoms with Gasteiger partial charge in [0.25, 0.3) is 5.91 Å². The quantitative estimate of drug-likeness (QED) is 0.474. The van der Waals surface area contributed by atoms with E-state index in [1.54, 1.807) is 48.1 Å². The third-order valence-corrected chi connectivity index (χ3v) is 4.72. The Hall–Kier alpha value is -4.14. The summed E-state index contributed by atoms with van der Waals surface area (Å²) in [4.78, 5) is 24.3. The summed E-state index contributed by atoms with van der Waals surface area (Å²) >= 11 is 0. The fourth-order valence-electron chi connectivity index (χ4n) is 3.35. The zero-order valence-corrected chi connectivity index (χ0v) is 15.6. The molecular weight excluding hydrogens is 390 g/mol. The number of carbonyl (C=O) groups excluding carboxylic acids is 1. The molecule has 0 saturated carbocycles. The van der Waals surface area contributed by atoms with Gasteiger partial charge in [-0.2, -0.15) is 5.10 Å². The average Bonchev–Trinajstić information content (AvgIpc) is 3.29. The average molecular weight is 404 g/mol. The summed E-state index contributed by atoms with van der Waals surface area (Å²) in [7, 11) is 0. The molecule has 3 heterocycles. The number of aromatic amines is 1. The molecule has 2 N–H and O–H groups in total. The number of hydrogen-bond acceptors (Lipinski definition) is 4. The van der Waals surface area contributed by atoms with Gasteiger partial charge in [0, 0.05) is 18.1 Å². The highest BCUT2D eigenvalue weighted by Crippen LogP contribution is 2.26. The van der Waals surface area contributed by atoms with Gasteiger partial charge < -0.3 is 10.3 Å². The van der Waals surface area contributed by atoms with E-state index in [-0.39, 0.29) is 17.3 Å². The summed E-state index contributed by atoms with van der Waals surface area (Å²) in [6.07, 6.45) is 3.31. The maximum absolute atomic E-state index is 14.1. The van der Waals surface area contributed by atoms with E-state index >= 15 is 0 Å². The molecule has 5 aromatic rings. The molecule has 0 saturated heterocycles. The van der Waals surface area contributed by atoms with Gasteiger partial charge in [-0.05, 0) is 49.4 Å². The van der Waals surface area contributed by atoms with Gasteiger partial charge in [0.2, 0.25) is 0 Å². The van der Waals surface area contributed by atoms with Crippen molar-refractivity contribution in [2.75, 3.05) is 5.32 Å². The Morgan fingerprint density at radius 1 is 1.17 bits per heavy atom. The number of nitrogens with zero attached hydrogens (tertiary/aromatic N) is 4. The third-order valence-electron chi connectivity index (χ3n) is 4.72. The first-order valence-electron chi connectivity index (χ1n) is 9.06. The van der Waals surface area contributed by atoms with Crippen LogP contribution in [0.15, 0.2) is 54.9 Å². The van der Waals surface area contributed by atoms with E-state index in [0.717, 1.165) is 18.2 Å². The first-order chi connectivity index (χ1) is 14.5. The number of aromatic nitrogens is 5. The van der Waals surface area contributed by atoms with Gasteiger partial charge in [-0.25, -0.2) is 23.3 Å². The summed E-state index contributed by atoms with van der Waals surface area (Å²) in [6, 6.07) is 9.95. The molecule has 2 aromatic carbocycles. The molecular formula is C21H14F2N6O. The van der Waals surface area contributed by atoms with Gasteiger partial charge in [-0.3, -0.25) is 4.79 Å². The number of carbonyl (C=O) groups is 1. The van der Waals surface area contributed by atoms with Crippen LogP contribution in [0, 0.1) is 18.6 Å². The Morgan fingerprint density at radius 2 is 2.03 bits per heavy atom. The van der Waals surface area contributed by atoms with Crippen LogP contribution in [0.25, 0.3) is 28.1 Å². The fraction of sp³-hybridized carbons (Fsp3) is 0.0476. The summed E-state index contributed by atoms with van der Waals surface area (Å²) < 4.78 is 29.1. The second kappa shape index (κ2) is 6.73. The summed E-state index contributed by atoms with van der Waals surface area (Å²) in [6.45, 7) is 1.74. The largest absolute Gasteiger partial charge is 0.338 e. The highest BCUT2D eigenvalue weighted by Gasteiger charge is 2.19. The van der Waals surface area contributed by atoms with Crippen molar-refractivity contribution in [1.82, 2.24) is 24.6 Å². The Balaban J connectivity index is 1.49. The van der Waals surface area contributed by atoms with Crippen molar-refractivity contribution < 1.29 is 13.6 Å². The summed E-state index contributed by atoms with van der Waals surface area (Å²) in [5.74, 6) is -1.29. The molecule has 0 unspecified atom stereocenters. The molecule has 0 aliphatic rings. The number of halogens is 2. The van der Waals surface area contributed by atoms with E-state index in [1.807, 2.05) is 0 Å². The van der Waals surface area contributed by atoms with Crippen LogP contribution in [0.1, 0.15) is 16.1 Å². The lowest BCUT2D eigenvalue weighted by atomic mass is 10.2. The van der Waals surface area contributed by atoms with Gasteiger partial charge in [-0.15, -0.1) is 0 Å². The second-order valence-corrected chi connectivity index (χ2v) is 6.74.